The van der Waals surface area contributed by atoms with Gasteiger partial charge in [0.1, 0.15) is 12.2 Å². The molecule has 2 saturated heterocycles. The molecule has 1 radical (unpaired) electrons. The summed E-state index contributed by atoms with van der Waals surface area (Å²) < 4.78 is 5.31. The van der Waals surface area contributed by atoms with Crippen LogP contribution < -0.4 is 5.32 Å². The maximum absolute atomic E-state index is 10.5. The first-order chi connectivity index (χ1) is 4.35. The van der Waals surface area contributed by atoms with Gasteiger partial charge < -0.3 is 10.1 Å². The standard InChI is InChI=1S/C6H10NO2/c8-4-6-1-5(2-9-6)7-3-6/h5,7H,1-4H2. The first-order valence-electron chi connectivity index (χ1n) is 3.30. The van der Waals surface area contributed by atoms with Crippen LogP contribution >= 0.6 is 0 Å². The molecule has 2 rings (SSSR count). The van der Waals surface area contributed by atoms with E-state index in [-0.39, 0.29) is 12.2 Å². The lowest BCUT2D eigenvalue weighted by Crippen LogP contribution is -2.41. The molecule has 0 aromatic rings. The van der Waals surface area contributed by atoms with E-state index in [1.165, 1.54) is 0 Å². The van der Waals surface area contributed by atoms with Crippen molar-refractivity contribution in [1.82, 2.24) is 5.32 Å². The molecule has 2 unspecified atom stereocenters. The highest BCUT2D eigenvalue weighted by Crippen LogP contribution is 2.30. The van der Waals surface area contributed by atoms with Gasteiger partial charge in [0.2, 0.25) is 0 Å². The molecule has 2 heterocycles. The molecule has 0 aliphatic carbocycles. The average molecular weight is 128 g/mol. The van der Waals surface area contributed by atoms with E-state index in [0.29, 0.717) is 6.04 Å². The van der Waals surface area contributed by atoms with Crippen LogP contribution in [-0.4, -0.2) is 31.4 Å². The van der Waals surface area contributed by atoms with E-state index >= 15 is 0 Å². The molecule has 2 aliphatic heterocycles. The van der Waals surface area contributed by atoms with Gasteiger partial charge in [-0.1, -0.05) is 0 Å². The minimum atomic E-state index is -0.315. The summed E-state index contributed by atoms with van der Waals surface area (Å²) in [6.45, 7) is 1.42. The van der Waals surface area contributed by atoms with Crippen LogP contribution in [0.1, 0.15) is 6.42 Å². The topological polar surface area (TPSA) is 41.2 Å². The molecule has 9 heavy (non-hydrogen) atoms. The Morgan fingerprint density at radius 3 is 2.89 bits per heavy atom. The lowest BCUT2D eigenvalue weighted by Gasteiger charge is -2.22. The van der Waals surface area contributed by atoms with Crippen LogP contribution in [0.15, 0.2) is 0 Å². The summed E-state index contributed by atoms with van der Waals surface area (Å²) >= 11 is 0. The largest absolute Gasteiger partial charge is 0.369 e. The molecule has 3 heteroatoms. The van der Waals surface area contributed by atoms with E-state index in [0.717, 1.165) is 19.6 Å². The van der Waals surface area contributed by atoms with E-state index in [9.17, 15) is 5.11 Å². The third kappa shape index (κ3) is 0.689. The summed E-state index contributed by atoms with van der Waals surface area (Å²) in [5.41, 5.74) is -0.315. The quantitative estimate of drug-likeness (QED) is 0.519. The van der Waals surface area contributed by atoms with Crippen molar-refractivity contribution in [2.75, 3.05) is 19.8 Å². The second kappa shape index (κ2) is 1.68. The predicted molar refractivity (Wildman–Crippen MR) is 30.6 cm³/mol. The van der Waals surface area contributed by atoms with Gasteiger partial charge in [-0.2, -0.15) is 0 Å². The Labute approximate surface area is 54.0 Å². The van der Waals surface area contributed by atoms with Crippen molar-refractivity contribution < 1.29 is 9.84 Å². The smallest absolute Gasteiger partial charge is 0.112 e. The Kier molecular flexibility index (Phi) is 1.06. The van der Waals surface area contributed by atoms with Crippen LogP contribution in [0.3, 0.4) is 0 Å². The van der Waals surface area contributed by atoms with Gasteiger partial charge in [0, 0.05) is 12.6 Å². The molecular weight excluding hydrogens is 118 g/mol. The van der Waals surface area contributed by atoms with Crippen molar-refractivity contribution in [3.8, 4) is 0 Å². The number of rotatable bonds is 1. The van der Waals surface area contributed by atoms with Gasteiger partial charge in [-0.3, -0.25) is 0 Å². The fourth-order valence-electron chi connectivity index (χ4n) is 1.58. The lowest BCUT2D eigenvalue weighted by molar-refractivity contribution is -0.0619. The second-order valence-electron chi connectivity index (χ2n) is 2.92. The molecule has 51 valence electrons. The first-order valence-corrected chi connectivity index (χ1v) is 3.30. The Balaban J connectivity index is 2.13. The molecule has 2 aliphatic rings. The first kappa shape index (κ1) is 5.65. The van der Waals surface area contributed by atoms with Crippen LogP contribution in [0, 0.1) is 0 Å². The Morgan fingerprint density at radius 2 is 2.67 bits per heavy atom. The normalized spacial score (nSPS) is 48.3. The van der Waals surface area contributed by atoms with Gasteiger partial charge in [-0.25, -0.2) is 5.11 Å². The highest BCUT2D eigenvalue weighted by molar-refractivity contribution is 5.00. The van der Waals surface area contributed by atoms with Crippen molar-refractivity contribution in [3.63, 3.8) is 0 Å². The van der Waals surface area contributed by atoms with Crippen molar-refractivity contribution in [1.29, 1.82) is 0 Å². The van der Waals surface area contributed by atoms with Crippen LogP contribution in [0.2, 0.25) is 0 Å². The molecular formula is C6H10NO2. The maximum Gasteiger partial charge on any atom is 0.112 e. The fraction of sp³-hybridized carbons (Fsp3) is 1.00. The van der Waals surface area contributed by atoms with Gasteiger partial charge >= 0.3 is 0 Å². The summed E-state index contributed by atoms with van der Waals surface area (Å²) in [7, 11) is 0. The third-order valence-electron chi connectivity index (χ3n) is 2.19. The van der Waals surface area contributed by atoms with Gasteiger partial charge in [-0.05, 0) is 6.42 Å². The minimum Gasteiger partial charge on any atom is -0.369 e. The zero-order valence-corrected chi connectivity index (χ0v) is 5.22. The second-order valence-corrected chi connectivity index (χ2v) is 2.92. The van der Waals surface area contributed by atoms with Gasteiger partial charge in [0.05, 0.1) is 6.61 Å². The van der Waals surface area contributed by atoms with Gasteiger partial charge in [0.15, 0.2) is 0 Å². The zero-order valence-electron chi connectivity index (χ0n) is 5.22. The molecule has 2 bridgehead atoms. The molecule has 1 N–H and O–H groups in total. The molecule has 0 aromatic carbocycles. The lowest BCUT2D eigenvalue weighted by atomic mass is 10.1. The Bertz CT molecular complexity index is 118. The SMILES string of the molecule is [O]CC12CNC(CO1)C2. The van der Waals surface area contributed by atoms with Crippen LogP contribution in [0.5, 0.6) is 0 Å². The van der Waals surface area contributed by atoms with E-state index in [1.54, 1.807) is 0 Å². The number of fused-ring (bicyclic) bond motifs is 2. The molecule has 3 nitrogen and oxygen atoms in total. The highest BCUT2D eigenvalue weighted by atomic mass is 16.5. The van der Waals surface area contributed by atoms with Gasteiger partial charge in [-0.15, -0.1) is 0 Å². The number of morpholine rings is 1. The summed E-state index contributed by atoms with van der Waals surface area (Å²) in [6.07, 6.45) is 0.927. The molecule has 0 aromatic heterocycles. The Hall–Kier alpha value is -0.120. The van der Waals surface area contributed by atoms with Crippen molar-refractivity contribution >= 4 is 0 Å². The molecule has 2 atom stereocenters. The van der Waals surface area contributed by atoms with Crippen LogP contribution in [0.4, 0.5) is 0 Å². The highest BCUT2D eigenvalue weighted by Gasteiger charge is 2.46. The number of nitrogens with one attached hydrogen (secondary N) is 1. The molecule has 2 fully saturated rings. The van der Waals surface area contributed by atoms with Crippen LogP contribution in [-0.2, 0) is 9.84 Å². The maximum atomic E-state index is 10.5. The van der Waals surface area contributed by atoms with Crippen LogP contribution in [0.25, 0.3) is 0 Å². The molecule has 0 amide bonds. The van der Waals surface area contributed by atoms with E-state index in [1.807, 2.05) is 0 Å². The summed E-state index contributed by atoms with van der Waals surface area (Å²) in [5.74, 6) is 0. The van der Waals surface area contributed by atoms with Crippen molar-refractivity contribution in [3.05, 3.63) is 0 Å². The molecule has 0 saturated carbocycles. The van der Waals surface area contributed by atoms with E-state index in [2.05, 4.69) is 5.32 Å². The summed E-state index contributed by atoms with van der Waals surface area (Å²) in [5, 5.41) is 13.8. The number of hydrogen-bond acceptors (Lipinski definition) is 2. The average Bonchev–Trinajstić information content (AvgIpc) is 2.46. The number of ether oxygens (including phenoxy) is 1. The van der Waals surface area contributed by atoms with Gasteiger partial charge in [0.25, 0.3) is 0 Å². The monoisotopic (exact) mass is 128 g/mol. The third-order valence-corrected chi connectivity index (χ3v) is 2.19. The predicted octanol–water partition coefficient (Wildman–Crippen LogP) is -0.452. The minimum absolute atomic E-state index is 0.0868. The van der Waals surface area contributed by atoms with Crippen molar-refractivity contribution in [2.24, 2.45) is 0 Å². The summed E-state index contributed by atoms with van der Waals surface area (Å²) in [6, 6.07) is 0.471. The zero-order chi connectivity index (χ0) is 6.32. The Morgan fingerprint density at radius 1 is 1.78 bits per heavy atom. The van der Waals surface area contributed by atoms with Crippen molar-refractivity contribution in [2.45, 2.75) is 18.1 Å². The number of hydrogen-bond donors (Lipinski definition) is 1. The molecule has 0 spiro atoms. The summed E-state index contributed by atoms with van der Waals surface area (Å²) in [4.78, 5) is 0. The fourth-order valence-corrected chi connectivity index (χ4v) is 1.58. The van der Waals surface area contributed by atoms with E-state index in [4.69, 9.17) is 4.74 Å². The van der Waals surface area contributed by atoms with E-state index < -0.39 is 0 Å².